The van der Waals surface area contributed by atoms with Crippen LogP contribution in [0, 0.1) is 10.1 Å². The number of hydrogen-bond acceptors (Lipinski definition) is 5. The Bertz CT molecular complexity index is 777. The van der Waals surface area contributed by atoms with Crippen molar-refractivity contribution in [2.75, 3.05) is 20.3 Å². The van der Waals surface area contributed by atoms with Gasteiger partial charge in [-0.2, -0.15) is 0 Å². The van der Waals surface area contributed by atoms with Crippen molar-refractivity contribution >= 4 is 11.6 Å². The fourth-order valence-electron chi connectivity index (χ4n) is 2.55. The number of ether oxygens (including phenoxy) is 2. The molecular formula is C19H22N2O5. The predicted octanol–water partition coefficient (Wildman–Crippen LogP) is 3.54. The van der Waals surface area contributed by atoms with Crippen molar-refractivity contribution in [2.24, 2.45) is 0 Å². The molecule has 1 amide bonds. The molecule has 7 nitrogen and oxygen atoms in total. The fraction of sp³-hybridized carbons (Fsp3) is 0.316. The third-order valence-corrected chi connectivity index (χ3v) is 3.96. The van der Waals surface area contributed by atoms with Crippen LogP contribution in [-0.4, -0.2) is 31.1 Å². The minimum Gasteiger partial charge on any atom is -0.493 e. The van der Waals surface area contributed by atoms with Crippen LogP contribution in [0.1, 0.15) is 35.7 Å². The van der Waals surface area contributed by atoms with E-state index in [2.05, 4.69) is 5.32 Å². The molecule has 0 radical (unpaired) electrons. The number of carbonyl (C=O) groups excluding carboxylic acids is 1. The molecule has 0 bridgehead atoms. The lowest BCUT2D eigenvalue weighted by Crippen LogP contribution is -2.28. The number of nitro benzene ring substituents is 1. The first-order valence-electron chi connectivity index (χ1n) is 8.30. The molecule has 0 aliphatic carbocycles. The molecule has 1 atom stereocenters. The number of nitro groups is 1. The third kappa shape index (κ3) is 4.50. The van der Waals surface area contributed by atoms with Crippen molar-refractivity contribution < 1.29 is 19.2 Å². The van der Waals surface area contributed by atoms with Crippen molar-refractivity contribution in [1.82, 2.24) is 5.32 Å². The van der Waals surface area contributed by atoms with Gasteiger partial charge in [0.05, 0.1) is 24.7 Å². The minimum atomic E-state index is -0.603. The number of nitrogens with one attached hydrogen (secondary N) is 1. The summed E-state index contributed by atoms with van der Waals surface area (Å²) >= 11 is 0. The monoisotopic (exact) mass is 358 g/mol. The summed E-state index contributed by atoms with van der Waals surface area (Å²) in [7, 11) is 1.39. The molecular weight excluding hydrogens is 336 g/mol. The SMILES string of the molecule is CCOc1cc(C(=O)NC[C@H](C)c2ccccc2)c([N+](=O)[O-])cc1OC. The number of carbonyl (C=O) groups is 1. The second kappa shape index (κ2) is 8.84. The van der Waals surface area contributed by atoms with E-state index in [1.165, 1.54) is 19.2 Å². The highest BCUT2D eigenvalue weighted by Gasteiger charge is 2.25. The summed E-state index contributed by atoms with van der Waals surface area (Å²) in [5.41, 5.74) is 0.696. The number of benzene rings is 2. The van der Waals surface area contributed by atoms with Crippen LogP contribution in [0.3, 0.4) is 0 Å². The van der Waals surface area contributed by atoms with Gasteiger partial charge >= 0.3 is 0 Å². The normalized spacial score (nSPS) is 11.5. The van der Waals surface area contributed by atoms with Gasteiger partial charge in [-0.1, -0.05) is 37.3 Å². The highest BCUT2D eigenvalue weighted by molar-refractivity contribution is 5.99. The van der Waals surface area contributed by atoms with E-state index in [4.69, 9.17) is 9.47 Å². The average Bonchev–Trinajstić information content (AvgIpc) is 2.66. The van der Waals surface area contributed by atoms with E-state index in [1.54, 1.807) is 6.92 Å². The summed E-state index contributed by atoms with van der Waals surface area (Å²) in [6, 6.07) is 12.3. The van der Waals surface area contributed by atoms with Gasteiger partial charge in [0.2, 0.25) is 0 Å². The standard InChI is InChI=1S/C19H22N2O5/c1-4-26-18-10-15(16(21(23)24)11-17(18)25-3)19(22)20-12-13(2)14-8-6-5-7-9-14/h5-11,13H,4,12H2,1-3H3,(H,20,22)/t13-/m0/s1. The summed E-state index contributed by atoms with van der Waals surface area (Å²) in [6.45, 7) is 4.46. The van der Waals surface area contributed by atoms with Crippen LogP contribution in [0.25, 0.3) is 0 Å². The van der Waals surface area contributed by atoms with Crippen molar-refractivity contribution in [2.45, 2.75) is 19.8 Å². The second-order valence-electron chi connectivity index (χ2n) is 5.73. The third-order valence-electron chi connectivity index (χ3n) is 3.96. The number of rotatable bonds is 8. The van der Waals surface area contributed by atoms with Crippen LogP contribution in [0.15, 0.2) is 42.5 Å². The van der Waals surface area contributed by atoms with Gasteiger partial charge in [0, 0.05) is 12.6 Å². The molecule has 2 aromatic carbocycles. The van der Waals surface area contributed by atoms with Gasteiger partial charge in [0.15, 0.2) is 11.5 Å². The van der Waals surface area contributed by atoms with Gasteiger partial charge in [-0.15, -0.1) is 0 Å². The zero-order valence-corrected chi connectivity index (χ0v) is 15.0. The van der Waals surface area contributed by atoms with Crippen LogP contribution in [0.5, 0.6) is 11.5 Å². The molecule has 0 unspecified atom stereocenters. The smallest absolute Gasteiger partial charge is 0.286 e. The summed E-state index contributed by atoms with van der Waals surface area (Å²) < 4.78 is 10.5. The van der Waals surface area contributed by atoms with Crippen LogP contribution < -0.4 is 14.8 Å². The Kier molecular flexibility index (Phi) is 6.54. The molecule has 138 valence electrons. The fourth-order valence-corrected chi connectivity index (χ4v) is 2.55. The topological polar surface area (TPSA) is 90.7 Å². The maximum absolute atomic E-state index is 12.5. The molecule has 0 fully saturated rings. The molecule has 2 rings (SSSR count). The first kappa shape index (κ1) is 19.2. The largest absolute Gasteiger partial charge is 0.493 e. The molecule has 0 heterocycles. The Morgan fingerprint density at radius 1 is 1.23 bits per heavy atom. The highest BCUT2D eigenvalue weighted by Crippen LogP contribution is 2.34. The summed E-state index contributed by atoms with van der Waals surface area (Å²) in [6.07, 6.45) is 0. The van der Waals surface area contributed by atoms with Crippen LogP contribution in [-0.2, 0) is 0 Å². The Hall–Kier alpha value is -3.09. The Balaban J connectivity index is 2.23. The molecule has 7 heteroatoms. The van der Waals surface area contributed by atoms with Gasteiger partial charge in [-0.3, -0.25) is 14.9 Å². The number of hydrogen-bond donors (Lipinski definition) is 1. The minimum absolute atomic E-state index is 0.0560. The maximum Gasteiger partial charge on any atom is 0.286 e. The lowest BCUT2D eigenvalue weighted by atomic mass is 10.0. The highest BCUT2D eigenvalue weighted by atomic mass is 16.6. The molecule has 1 N–H and O–H groups in total. The van der Waals surface area contributed by atoms with E-state index in [9.17, 15) is 14.9 Å². The molecule has 0 aliphatic heterocycles. The summed E-state index contributed by atoms with van der Waals surface area (Å²) in [5.74, 6) is 0.0570. The molecule has 0 saturated carbocycles. The lowest BCUT2D eigenvalue weighted by molar-refractivity contribution is -0.385. The molecule has 2 aromatic rings. The first-order valence-corrected chi connectivity index (χ1v) is 8.30. The molecule has 0 spiro atoms. The van der Waals surface area contributed by atoms with E-state index in [0.29, 0.717) is 18.9 Å². The average molecular weight is 358 g/mol. The zero-order valence-electron chi connectivity index (χ0n) is 15.0. The molecule has 0 saturated heterocycles. The van der Waals surface area contributed by atoms with E-state index in [-0.39, 0.29) is 22.9 Å². The first-order chi connectivity index (χ1) is 12.5. The zero-order chi connectivity index (χ0) is 19.1. The number of methoxy groups -OCH3 is 1. The number of amides is 1. The van der Waals surface area contributed by atoms with Crippen LogP contribution in [0.4, 0.5) is 5.69 Å². The molecule has 26 heavy (non-hydrogen) atoms. The van der Waals surface area contributed by atoms with Crippen LogP contribution >= 0.6 is 0 Å². The predicted molar refractivity (Wildman–Crippen MR) is 98.0 cm³/mol. The van der Waals surface area contributed by atoms with Crippen LogP contribution in [0.2, 0.25) is 0 Å². The Morgan fingerprint density at radius 3 is 2.50 bits per heavy atom. The second-order valence-corrected chi connectivity index (χ2v) is 5.73. The molecule has 0 aromatic heterocycles. The maximum atomic E-state index is 12.5. The van der Waals surface area contributed by atoms with Gasteiger partial charge in [-0.25, -0.2) is 0 Å². The van der Waals surface area contributed by atoms with Gasteiger partial charge in [0.1, 0.15) is 5.56 Å². The van der Waals surface area contributed by atoms with Crippen molar-refractivity contribution in [1.29, 1.82) is 0 Å². The Labute approximate surface area is 152 Å². The van der Waals surface area contributed by atoms with Crippen molar-refractivity contribution in [3.8, 4) is 11.5 Å². The van der Waals surface area contributed by atoms with Gasteiger partial charge < -0.3 is 14.8 Å². The summed E-state index contributed by atoms with van der Waals surface area (Å²) in [5, 5.41) is 14.1. The van der Waals surface area contributed by atoms with Crippen molar-refractivity contribution in [3.05, 3.63) is 63.7 Å². The molecule has 0 aliphatic rings. The van der Waals surface area contributed by atoms with Gasteiger partial charge in [-0.05, 0) is 18.4 Å². The van der Waals surface area contributed by atoms with E-state index >= 15 is 0 Å². The van der Waals surface area contributed by atoms with E-state index in [0.717, 1.165) is 5.56 Å². The quantitative estimate of drug-likeness (QED) is 0.576. The number of nitrogens with zero attached hydrogens (tertiary/aromatic N) is 1. The van der Waals surface area contributed by atoms with E-state index in [1.807, 2.05) is 37.3 Å². The van der Waals surface area contributed by atoms with Gasteiger partial charge in [0.25, 0.3) is 11.6 Å². The van der Waals surface area contributed by atoms with Crippen molar-refractivity contribution in [3.63, 3.8) is 0 Å². The Morgan fingerprint density at radius 2 is 1.92 bits per heavy atom. The lowest BCUT2D eigenvalue weighted by Gasteiger charge is -2.14. The van der Waals surface area contributed by atoms with E-state index < -0.39 is 10.8 Å². The summed E-state index contributed by atoms with van der Waals surface area (Å²) in [4.78, 5) is 23.3.